The van der Waals surface area contributed by atoms with Crippen LogP contribution in [0.25, 0.3) is 5.65 Å². The van der Waals surface area contributed by atoms with Gasteiger partial charge in [-0.15, -0.1) is 10.2 Å². The molecule has 3 aromatic rings. The molecule has 0 N–H and O–H groups in total. The van der Waals surface area contributed by atoms with Crippen molar-refractivity contribution in [3.05, 3.63) is 58.5 Å². The Morgan fingerprint density at radius 3 is 2.67 bits per heavy atom. The van der Waals surface area contributed by atoms with E-state index in [1.54, 1.807) is 0 Å². The van der Waals surface area contributed by atoms with Gasteiger partial charge in [-0.25, -0.2) is 8.78 Å². The summed E-state index contributed by atoms with van der Waals surface area (Å²) in [5.41, 5.74) is 2.09. The minimum Gasteiger partial charge on any atom is -0.368 e. The number of pyridine rings is 1. The Bertz CT molecular complexity index is 1030. The zero-order valence-corrected chi connectivity index (χ0v) is 18.0. The van der Waals surface area contributed by atoms with E-state index in [1.165, 1.54) is 25.0 Å². The summed E-state index contributed by atoms with van der Waals surface area (Å²) in [4.78, 5) is 4.03. The Kier molecular flexibility index (Phi) is 6.20. The molecule has 0 bridgehead atoms. The first-order chi connectivity index (χ1) is 14.5. The Balaban J connectivity index is 1.41. The fourth-order valence-electron chi connectivity index (χ4n) is 3.70. The number of likely N-dealkylation sites (N-methyl/N-ethyl adjacent to an activating group) is 2. The molecule has 0 spiro atoms. The normalized spacial score (nSPS) is 14.1. The SMILES string of the molecule is CCN(CCN(C)Cc1ccn2c(CC3CC3)nnc2c1Cl)c1ccc(F)cc1F. The van der Waals surface area contributed by atoms with E-state index in [0.717, 1.165) is 29.8 Å². The fraction of sp³-hybridized carbons (Fsp3) is 0.455. The van der Waals surface area contributed by atoms with Gasteiger partial charge in [-0.2, -0.15) is 0 Å². The molecule has 160 valence electrons. The van der Waals surface area contributed by atoms with Gasteiger partial charge in [0.2, 0.25) is 0 Å². The molecule has 0 saturated heterocycles. The molecule has 0 unspecified atom stereocenters. The summed E-state index contributed by atoms with van der Waals surface area (Å²) in [6, 6.07) is 5.72. The van der Waals surface area contributed by atoms with E-state index < -0.39 is 11.6 Å². The van der Waals surface area contributed by atoms with Crippen LogP contribution in [0.4, 0.5) is 14.5 Å². The van der Waals surface area contributed by atoms with Crippen LogP contribution in [0.15, 0.2) is 30.5 Å². The van der Waals surface area contributed by atoms with Crippen LogP contribution in [0.3, 0.4) is 0 Å². The fourth-order valence-corrected chi connectivity index (χ4v) is 3.95. The molecule has 0 aliphatic heterocycles. The highest BCUT2D eigenvalue weighted by Gasteiger charge is 2.24. The van der Waals surface area contributed by atoms with E-state index in [-0.39, 0.29) is 0 Å². The third-order valence-corrected chi connectivity index (χ3v) is 6.07. The molecular formula is C22H26ClF2N5. The first-order valence-corrected chi connectivity index (χ1v) is 10.7. The molecule has 8 heteroatoms. The van der Waals surface area contributed by atoms with Gasteiger partial charge in [-0.05, 0) is 56.5 Å². The van der Waals surface area contributed by atoms with Crippen LogP contribution in [-0.2, 0) is 13.0 Å². The number of benzene rings is 1. The standard InChI is InChI=1S/C22H26ClF2N5/c1-3-29(19-7-6-17(24)13-18(19)25)11-10-28(2)14-16-8-9-30-20(12-15-4-5-15)26-27-22(30)21(16)23/h6-9,13,15H,3-5,10-12,14H2,1-2H3. The summed E-state index contributed by atoms with van der Waals surface area (Å²) in [5, 5.41) is 9.24. The van der Waals surface area contributed by atoms with Gasteiger partial charge in [0.05, 0.1) is 10.7 Å². The molecule has 30 heavy (non-hydrogen) atoms. The highest BCUT2D eigenvalue weighted by molar-refractivity contribution is 6.34. The predicted octanol–water partition coefficient (Wildman–Crippen LogP) is 4.57. The van der Waals surface area contributed by atoms with Crippen molar-refractivity contribution in [2.75, 3.05) is 31.6 Å². The minimum absolute atomic E-state index is 0.415. The Morgan fingerprint density at radius 2 is 1.97 bits per heavy atom. The molecule has 2 heterocycles. The van der Waals surface area contributed by atoms with E-state index in [1.807, 2.05) is 35.5 Å². The lowest BCUT2D eigenvalue weighted by atomic mass is 10.2. The number of fused-ring (bicyclic) bond motifs is 1. The van der Waals surface area contributed by atoms with Crippen molar-refractivity contribution >= 4 is 22.9 Å². The van der Waals surface area contributed by atoms with E-state index in [0.29, 0.717) is 42.5 Å². The maximum absolute atomic E-state index is 14.1. The van der Waals surface area contributed by atoms with E-state index in [2.05, 4.69) is 15.1 Å². The molecule has 2 aromatic heterocycles. The average Bonchev–Trinajstić information content (AvgIpc) is 3.44. The summed E-state index contributed by atoms with van der Waals surface area (Å²) in [7, 11) is 2.00. The molecule has 0 amide bonds. The lowest BCUT2D eigenvalue weighted by Crippen LogP contribution is -2.33. The predicted molar refractivity (Wildman–Crippen MR) is 115 cm³/mol. The van der Waals surface area contributed by atoms with Crippen molar-refractivity contribution in [1.82, 2.24) is 19.5 Å². The van der Waals surface area contributed by atoms with E-state index in [4.69, 9.17) is 11.6 Å². The Morgan fingerprint density at radius 1 is 1.17 bits per heavy atom. The molecule has 1 aliphatic carbocycles. The zero-order chi connectivity index (χ0) is 21.3. The molecule has 5 nitrogen and oxygen atoms in total. The van der Waals surface area contributed by atoms with Crippen LogP contribution < -0.4 is 4.90 Å². The van der Waals surface area contributed by atoms with Crippen LogP contribution in [0, 0.1) is 17.6 Å². The van der Waals surface area contributed by atoms with Gasteiger partial charge >= 0.3 is 0 Å². The molecule has 1 saturated carbocycles. The molecule has 1 fully saturated rings. The minimum atomic E-state index is -0.566. The number of anilines is 1. The highest BCUT2D eigenvalue weighted by Crippen LogP contribution is 2.33. The third kappa shape index (κ3) is 4.57. The van der Waals surface area contributed by atoms with Crippen LogP contribution in [0.5, 0.6) is 0 Å². The maximum Gasteiger partial charge on any atom is 0.179 e. The second kappa shape index (κ2) is 8.86. The largest absolute Gasteiger partial charge is 0.368 e. The van der Waals surface area contributed by atoms with Crippen LogP contribution in [0.1, 0.15) is 31.2 Å². The Hall–Kier alpha value is -2.25. The van der Waals surface area contributed by atoms with Crippen LogP contribution >= 0.6 is 11.6 Å². The van der Waals surface area contributed by atoms with Gasteiger partial charge in [0.1, 0.15) is 17.5 Å². The van der Waals surface area contributed by atoms with Gasteiger partial charge in [0, 0.05) is 44.9 Å². The van der Waals surface area contributed by atoms with Gasteiger partial charge in [0.15, 0.2) is 5.65 Å². The molecule has 0 radical (unpaired) electrons. The number of hydrogen-bond donors (Lipinski definition) is 0. The Labute approximate surface area is 180 Å². The average molecular weight is 434 g/mol. The van der Waals surface area contributed by atoms with Crippen LogP contribution in [-0.4, -0.2) is 46.2 Å². The molecule has 1 aromatic carbocycles. The summed E-state index contributed by atoms with van der Waals surface area (Å²) in [6.07, 6.45) is 5.47. The molecule has 4 rings (SSSR count). The van der Waals surface area contributed by atoms with Crippen molar-refractivity contribution in [2.45, 2.75) is 32.7 Å². The molecule has 0 atom stereocenters. The van der Waals surface area contributed by atoms with Gasteiger partial charge in [0.25, 0.3) is 0 Å². The monoisotopic (exact) mass is 433 g/mol. The molecule has 1 aliphatic rings. The number of hydrogen-bond acceptors (Lipinski definition) is 4. The second-order valence-electron chi connectivity index (χ2n) is 8.03. The summed E-state index contributed by atoms with van der Waals surface area (Å²) < 4.78 is 29.3. The van der Waals surface area contributed by atoms with Crippen LogP contribution in [0.2, 0.25) is 5.02 Å². The summed E-state index contributed by atoms with van der Waals surface area (Å²) >= 11 is 6.63. The number of halogens is 3. The van der Waals surface area contributed by atoms with Crippen molar-refractivity contribution in [1.29, 1.82) is 0 Å². The first-order valence-electron chi connectivity index (χ1n) is 10.4. The lowest BCUT2D eigenvalue weighted by Gasteiger charge is -2.27. The van der Waals surface area contributed by atoms with E-state index in [9.17, 15) is 8.78 Å². The quantitative estimate of drug-likeness (QED) is 0.495. The maximum atomic E-state index is 14.1. The number of rotatable bonds is 9. The zero-order valence-electron chi connectivity index (χ0n) is 17.3. The van der Waals surface area contributed by atoms with Gasteiger partial charge < -0.3 is 9.80 Å². The first kappa shape index (κ1) is 21.0. The third-order valence-electron chi connectivity index (χ3n) is 5.66. The van der Waals surface area contributed by atoms with Gasteiger partial charge in [-0.3, -0.25) is 4.40 Å². The summed E-state index contributed by atoms with van der Waals surface area (Å²) in [5.74, 6) is 0.591. The topological polar surface area (TPSA) is 36.7 Å². The molecular weight excluding hydrogens is 408 g/mol. The van der Waals surface area contributed by atoms with Crippen molar-refractivity contribution in [3.8, 4) is 0 Å². The van der Waals surface area contributed by atoms with Gasteiger partial charge in [-0.1, -0.05) is 11.6 Å². The highest BCUT2D eigenvalue weighted by atomic mass is 35.5. The second-order valence-corrected chi connectivity index (χ2v) is 8.40. The van der Waals surface area contributed by atoms with E-state index >= 15 is 0 Å². The number of aromatic nitrogens is 3. The van der Waals surface area contributed by atoms with Crippen molar-refractivity contribution in [3.63, 3.8) is 0 Å². The lowest BCUT2D eigenvalue weighted by molar-refractivity contribution is 0.332. The van der Waals surface area contributed by atoms with Crippen molar-refractivity contribution in [2.24, 2.45) is 5.92 Å². The summed E-state index contributed by atoms with van der Waals surface area (Å²) in [6.45, 7) is 4.55. The number of nitrogens with zero attached hydrogens (tertiary/aromatic N) is 5. The smallest absolute Gasteiger partial charge is 0.179 e. The van der Waals surface area contributed by atoms with Crippen molar-refractivity contribution < 1.29 is 8.78 Å².